The van der Waals surface area contributed by atoms with Gasteiger partial charge in [0.05, 0.1) is 66.9 Å². The lowest BCUT2D eigenvalue weighted by Gasteiger charge is -2.12. The first-order valence-corrected chi connectivity index (χ1v) is 42.1. The third kappa shape index (κ3) is 13.0. The van der Waals surface area contributed by atoms with Gasteiger partial charge in [-0.3, -0.25) is 0 Å². The Balaban J connectivity index is 0.000000143. The van der Waals surface area contributed by atoms with E-state index < -0.39 is 0 Å². The van der Waals surface area contributed by atoms with Gasteiger partial charge in [-0.2, -0.15) is 0 Å². The smallest absolute Gasteiger partial charge is 0.160 e. The van der Waals surface area contributed by atoms with Gasteiger partial charge >= 0.3 is 0 Å². The van der Waals surface area contributed by atoms with Crippen LogP contribution in [0.4, 0.5) is 0 Å². The van der Waals surface area contributed by atoms with Gasteiger partial charge in [0.25, 0.3) is 0 Å². The van der Waals surface area contributed by atoms with Crippen LogP contribution in [0.2, 0.25) is 0 Å². The summed E-state index contributed by atoms with van der Waals surface area (Å²) in [6, 6.07) is 164. The molecule has 6 aromatic heterocycles. The van der Waals surface area contributed by atoms with Crippen molar-refractivity contribution in [2.45, 2.75) is 0 Å². The molecule has 0 N–H and O–H groups in total. The first-order valence-electron chi connectivity index (χ1n) is 42.1. The molecule has 0 bridgehead atoms. The van der Waals surface area contributed by atoms with E-state index in [4.69, 9.17) is 19.9 Å². The number of hydrogen-bond donors (Lipinski definition) is 0. The highest BCUT2D eigenvalue weighted by atomic mass is 15.0. The van der Waals surface area contributed by atoms with Gasteiger partial charge in [0.15, 0.2) is 11.6 Å². The summed E-state index contributed by atoms with van der Waals surface area (Å²) in [6.07, 6.45) is 0. The Morgan fingerprint density at radius 1 is 0.137 bits per heavy atom. The van der Waals surface area contributed by atoms with Gasteiger partial charge in [-0.05, 0) is 160 Å². The molecule has 0 spiro atoms. The predicted molar refractivity (Wildman–Crippen MR) is 516 cm³/mol. The molecular formula is C116H76N8. The summed E-state index contributed by atoms with van der Waals surface area (Å²) < 4.78 is 9.59. The van der Waals surface area contributed by atoms with Gasteiger partial charge in [-0.1, -0.05) is 346 Å². The topological polar surface area (TPSA) is 71.3 Å². The average molecular weight is 1580 g/mol. The Kier molecular flexibility index (Phi) is 18.1. The molecule has 24 aromatic rings. The van der Waals surface area contributed by atoms with Crippen LogP contribution >= 0.6 is 0 Å². The standard InChI is InChI=1S/2C58H38N4/c1-4-16-40(17-5-1)51-38-52(41-18-6-2-7-19-41)60-58(59-51)42-32-30-39(31-33-42)47-26-15-29-55-57(47)50-25-11-13-28-54(50)62(55)46-23-14-20-43(36-46)44-34-35-49-48-24-10-12-27-53(48)61(56(49)37-44)45-21-8-3-9-22-45;1-4-16-40(17-5-1)51-38-52(41-18-6-2-7-19-41)60-58(59-51)42-32-30-39(31-33-42)47-26-15-29-56-57(47)49-25-11-13-28-54(49)62(56)46-23-14-20-43(36-46)44-34-35-55-50(37-44)48-24-10-12-27-53(48)61(55)45-21-8-3-9-22-45/h2*1-38H. The van der Waals surface area contributed by atoms with Crippen molar-refractivity contribution < 1.29 is 0 Å². The summed E-state index contributed by atoms with van der Waals surface area (Å²) in [4.78, 5) is 20.3. The molecular weight excluding hydrogens is 1510 g/mol. The van der Waals surface area contributed by atoms with E-state index in [1.165, 1.54) is 110 Å². The second-order valence-electron chi connectivity index (χ2n) is 31.6. The van der Waals surface area contributed by atoms with Crippen LogP contribution < -0.4 is 0 Å². The van der Waals surface area contributed by atoms with Crippen molar-refractivity contribution >= 4 is 87.2 Å². The molecule has 0 atom stereocenters. The highest BCUT2D eigenvalue weighted by Crippen LogP contribution is 2.45. The predicted octanol–water partition coefficient (Wildman–Crippen LogP) is 30.0. The highest BCUT2D eigenvalue weighted by Gasteiger charge is 2.23. The van der Waals surface area contributed by atoms with E-state index >= 15 is 0 Å². The summed E-state index contributed by atoms with van der Waals surface area (Å²) in [5.74, 6) is 1.40. The zero-order valence-electron chi connectivity index (χ0n) is 67.5. The van der Waals surface area contributed by atoms with Crippen LogP contribution in [0.3, 0.4) is 0 Å². The Morgan fingerprint density at radius 3 is 0.823 bits per heavy atom. The Bertz CT molecular complexity index is 8060. The maximum absolute atomic E-state index is 5.09. The van der Waals surface area contributed by atoms with E-state index in [0.29, 0.717) is 11.6 Å². The molecule has 0 fully saturated rings. The average Bonchev–Trinajstić information content (AvgIpc) is 1.58. The minimum absolute atomic E-state index is 0.701. The van der Waals surface area contributed by atoms with Crippen molar-refractivity contribution in [3.8, 4) is 135 Å². The molecule has 0 radical (unpaired) electrons. The van der Waals surface area contributed by atoms with Gasteiger partial charge in [0, 0.05) is 99.2 Å². The maximum Gasteiger partial charge on any atom is 0.160 e. The van der Waals surface area contributed by atoms with Gasteiger partial charge in [0.2, 0.25) is 0 Å². The fourth-order valence-corrected chi connectivity index (χ4v) is 18.5. The molecule has 124 heavy (non-hydrogen) atoms. The zero-order valence-corrected chi connectivity index (χ0v) is 67.5. The third-order valence-corrected chi connectivity index (χ3v) is 24.3. The van der Waals surface area contributed by atoms with E-state index in [1.807, 2.05) is 24.3 Å². The molecule has 0 saturated carbocycles. The molecule has 0 aliphatic heterocycles. The van der Waals surface area contributed by atoms with Gasteiger partial charge in [-0.25, -0.2) is 19.9 Å². The van der Waals surface area contributed by atoms with Crippen LogP contribution in [0.25, 0.3) is 222 Å². The molecule has 580 valence electrons. The van der Waals surface area contributed by atoms with E-state index in [9.17, 15) is 0 Å². The number of rotatable bonds is 14. The lowest BCUT2D eigenvalue weighted by molar-refractivity contribution is 1.18. The van der Waals surface area contributed by atoms with Crippen molar-refractivity contribution in [2.75, 3.05) is 0 Å². The number of benzene rings is 18. The quantitative estimate of drug-likeness (QED) is 0.109. The van der Waals surface area contributed by atoms with Crippen molar-refractivity contribution in [1.29, 1.82) is 0 Å². The van der Waals surface area contributed by atoms with Crippen LogP contribution in [0.5, 0.6) is 0 Å². The second kappa shape index (κ2) is 30.9. The molecule has 0 amide bonds. The Labute approximate surface area is 716 Å². The normalized spacial score (nSPS) is 11.5. The van der Waals surface area contributed by atoms with Crippen molar-refractivity contribution in [1.82, 2.24) is 38.2 Å². The third-order valence-electron chi connectivity index (χ3n) is 24.3. The first-order chi connectivity index (χ1) is 61.5. The highest BCUT2D eigenvalue weighted by molar-refractivity contribution is 6.18. The Hall–Kier alpha value is -16.7. The van der Waals surface area contributed by atoms with Crippen LogP contribution in [0.1, 0.15) is 0 Å². The summed E-state index contributed by atoms with van der Waals surface area (Å²) in [7, 11) is 0. The first kappa shape index (κ1) is 72.5. The summed E-state index contributed by atoms with van der Waals surface area (Å²) in [5.41, 5.74) is 33.2. The van der Waals surface area contributed by atoms with Gasteiger partial charge in [0.1, 0.15) is 0 Å². The second-order valence-corrected chi connectivity index (χ2v) is 31.6. The Morgan fingerprint density at radius 2 is 0.403 bits per heavy atom. The summed E-state index contributed by atoms with van der Waals surface area (Å²) in [5, 5.41) is 9.88. The van der Waals surface area contributed by atoms with Gasteiger partial charge in [-0.15, -0.1) is 0 Å². The van der Waals surface area contributed by atoms with Crippen molar-refractivity contribution in [2.24, 2.45) is 0 Å². The minimum atomic E-state index is 0.701. The SMILES string of the molecule is c1ccc(-c2cc(-c3ccccc3)nc(-c3ccc(-c4cccc5c4c4ccccc4n5-c4cccc(-c5ccc6c(c5)c5ccccc5n6-c5ccccc5)c4)cc3)n2)cc1.c1ccc(-c2cc(-c3ccccc3)nc(-c3ccc(-c4cccc5c4c4ccccc4n5-c4cccc(-c5ccc6c7ccccc7n(-c7ccccc7)c6c5)c4)cc3)n2)cc1. The molecule has 0 aliphatic carbocycles. The fraction of sp³-hybridized carbons (Fsp3) is 0. The van der Waals surface area contributed by atoms with Crippen LogP contribution in [0, 0.1) is 0 Å². The molecule has 8 heteroatoms. The molecule has 0 aliphatic rings. The fourth-order valence-electron chi connectivity index (χ4n) is 18.5. The van der Waals surface area contributed by atoms with Crippen LogP contribution in [0.15, 0.2) is 461 Å². The van der Waals surface area contributed by atoms with E-state index in [1.54, 1.807) is 0 Å². The number of aromatic nitrogens is 8. The molecule has 18 aromatic carbocycles. The largest absolute Gasteiger partial charge is 0.309 e. The van der Waals surface area contributed by atoms with E-state index in [2.05, 4.69) is 455 Å². The van der Waals surface area contributed by atoms with Crippen molar-refractivity contribution in [3.05, 3.63) is 461 Å². The van der Waals surface area contributed by atoms with E-state index in [-0.39, 0.29) is 0 Å². The lowest BCUT2D eigenvalue weighted by atomic mass is 9.98. The molecule has 0 unspecified atom stereocenters. The van der Waals surface area contributed by atoms with Gasteiger partial charge < -0.3 is 18.3 Å². The van der Waals surface area contributed by atoms with Crippen molar-refractivity contribution in [3.63, 3.8) is 0 Å². The van der Waals surface area contributed by atoms with Crippen LogP contribution in [-0.4, -0.2) is 38.2 Å². The maximum atomic E-state index is 5.09. The number of nitrogens with zero attached hydrogens (tertiary/aromatic N) is 8. The number of para-hydroxylation sites is 6. The zero-order chi connectivity index (χ0) is 82.0. The number of hydrogen-bond acceptors (Lipinski definition) is 4. The lowest BCUT2D eigenvalue weighted by Crippen LogP contribution is -1.96. The van der Waals surface area contributed by atoms with Crippen LogP contribution in [-0.2, 0) is 0 Å². The molecule has 8 nitrogen and oxygen atoms in total. The van der Waals surface area contributed by atoms with E-state index in [0.717, 1.165) is 101 Å². The minimum Gasteiger partial charge on any atom is -0.309 e. The molecule has 24 rings (SSSR count). The summed E-state index contributed by atoms with van der Waals surface area (Å²) >= 11 is 0. The molecule has 6 heterocycles. The monoisotopic (exact) mass is 1580 g/mol. The molecule has 0 saturated heterocycles. The summed E-state index contributed by atoms with van der Waals surface area (Å²) in [6.45, 7) is 0. The number of fused-ring (bicyclic) bond motifs is 12.